The van der Waals surface area contributed by atoms with Crippen molar-refractivity contribution in [2.45, 2.75) is 122 Å². The highest BCUT2D eigenvalue weighted by Gasteiger charge is 2.45. The van der Waals surface area contributed by atoms with E-state index in [1.165, 1.54) is 104 Å². The molecule has 2 heteroatoms. The molecule has 364 valence electrons. The van der Waals surface area contributed by atoms with Gasteiger partial charge in [-0.2, -0.15) is 0 Å². The average molecular weight is 968 g/mol. The lowest BCUT2D eigenvalue weighted by Gasteiger charge is -2.27. The molecule has 0 saturated carbocycles. The summed E-state index contributed by atoms with van der Waals surface area (Å²) in [6.45, 7) is 12.5. The Morgan fingerprint density at radius 3 is 1.41 bits per heavy atom. The molecule has 2 nitrogen and oxygen atoms in total. The molecule has 0 atom stereocenters. The van der Waals surface area contributed by atoms with Gasteiger partial charge in [-0.3, -0.25) is 0 Å². The van der Waals surface area contributed by atoms with Crippen LogP contribution in [-0.2, 0) is 10.8 Å². The van der Waals surface area contributed by atoms with Crippen LogP contribution in [0.5, 0.6) is 0 Å². The molecule has 0 unspecified atom stereocenters. The number of unbranched alkanes of at least 4 members (excludes halogenated alkanes) is 11. The maximum absolute atomic E-state index is 5.03. The molecule has 2 aliphatic rings. The molecule has 0 aliphatic carbocycles. The van der Waals surface area contributed by atoms with Crippen molar-refractivity contribution in [3.05, 3.63) is 144 Å². The topological polar surface area (TPSA) is 6.25 Å². The van der Waals surface area contributed by atoms with Crippen LogP contribution >= 0.6 is 0 Å². The molecule has 0 aromatic heterocycles. The van der Waals surface area contributed by atoms with E-state index in [9.17, 15) is 0 Å². The van der Waals surface area contributed by atoms with Gasteiger partial charge in [0.2, 0.25) is 17.4 Å². The minimum atomic E-state index is -0.332. The lowest BCUT2D eigenvalue weighted by atomic mass is 9.81. The molecular weight excluding hydrogens is 905 g/mol. The fraction of sp³-hybridized carbons (Fsp3) is 0.274. The maximum Gasteiger partial charge on any atom is 0.243 e. The molecule has 0 N–H and O–H groups in total. The van der Waals surface area contributed by atoms with Crippen molar-refractivity contribution in [1.82, 2.24) is 0 Å². The van der Waals surface area contributed by atoms with Crippen molar-refractivity contribution in [2.75, 3.05) is 11.4 Å². The predicted molar refractivity (Wildman–Crippen MR) is 316 cm³/mol. The van der Waals surface area contributed by atoms with Crippen LogP contribution in [0.2, 0.25) is 0 Å². The predicted octanol–water partition coefficient (Wildman–Crippen LogP) is 14.5. The summed E-state index contributed by atoms with van der Waals surface area (Å²) in [4.78, 5) is 2.60. The minimum Gasteiger partial charge on any atom is -0.344 e. The van der Waals surface area contributed by atoms with E-state index in [1.54, 1.807) is 0 Å². The third-order valence-corrected chi connectivity index (χ3v) is 13.2. The van der Waals surface area contributed by atoms with Crippen LogP contribution in [0, 0.1) is 131 Å². The van der Waals surface area contributed by atoms with Crippen LogP contribution in [0.1, 0.15) is 123 Å². The minimum absolute atomic E-state index is 0.159. The number of terminal acetylenes is 1. The van der Waals surface area contributed by atoms with Crippen LogP contribution in [0.4, 0.5) is 11.4 Å². The van der Waals surface area contributed by atoms with E-state index in [4.69, 9.17) is 6.42 Å². The van der Waals surface area contributed by atoms with Crippen molar-refractivity contribution >= 4 is 17.1 Å². The van der Waals surface area contributed by atoms with Gasteiger partial charge < -0.3 is 4.90 Å². The molecule has 4 aromatic rings. The second-order valence-corrected chi connectivity index (χ2v) is 19.1. The zero-order chi connectivity index (χ0) is 52.8. The first-order chi connectivity index (χ1) is 36.8. The van der Waals surface area contributed by atoms with Gasteiger partial charge in [0, 0.05) is 106 Å². The summed E-state index contributed by atoms with van der Waals surface area (Å²) in [6.07, 6.45) is 32.1. The third-order valence-electron chi connectivity index (χ3n) is 13.2. The molecular formula is C73H63N2+. The van der Waals surface area contributed by atoms with Crippen LogP contribution in [0.3, 0.4) is 0 Å². The average Bonchev–Trinajstić information content (AvgIpc) is 3.77. The lowest BCUT2D eigenvalue weighted by molar-refractivity contribution is -0.332. The monoisotopic (exact) mass is 967 g/mol. The van der Waals surface area contributed by atoms with Crippen molar-refractivity contribution < 1.29 is 4.58 Å². The smallest absolute Gasteiger partial charge is 0.243 e. The SMILES string of the molecule is C#CC#CC#CC#CC#CC#CC#CC#CC#CC#CC#C[N+]1=C(/C=C/C=C/C=C2/N(CCCCCCCCCCCCCC)c3cc(-c4ccccc4)ccc3C2(C)C)C(C)(C)c2ccc(-c3ccccc3)cc21. The van der Waals surface area contributed by atoms with E-state index >= 15 is 0 Å². The van der Waals surface area contributed by atoms with Crippen LogP contribution < -0.4 is 4.90 Å². The summed E-state index contributed by atoms with van der Waals surface area (Å²) in [7, 11) is 0. The van der Waals surface area contributed by atoms with E-state index in [0.29, 0.717) is 0 Å². The Kier molecular flexibility index (Phi) is 22.0. The first-order valence-corrected chi connectivity index (χ1v) is 26.1. The van der Waals surface area contributed by atoms with Crippen LogP contribution in [0.15, 0.2) is 133 Å². The molecule has 2 aliphatic heterocycles. The number of anilines is 1. The second kappa shape index (κ2) is 29.9. The van der Waals surface area contributed by atoms with E-state index in [-0.39, 0.29) is 10.8 Å². The molecule has 6 rings (SSSR count). The third kappa shape index (κ3) is 16.4. The van der Waals surface area contributed by atoms with E-state index in [2.05, 4.69) is 290 Å². The van der Waals surface area contributed by atoms with Gasteiger partial charge >= 0.3 is 0 Å². The highest BCUT2D eigenvalue weighted by Crippen LogP contribution is 2.49. The number of benzene rings is 4. The normalized spacial score (nSPS) is 13.1. The molecule has 0 spiro atoms. The molecule has 4 aromatic carbocycles. The van der Waals surface area contributed by atoms with E-state index < -0.39 is 0 Å². The number of hydrogen-bond acceptors (Lipinski definition) is 1. The lowest BCUT2D eigenvalue weighted by Crippen LogP contribution is -2.27. The van der Waals surface area contributed by atoms with E-state index in [0.717, 1.165) is 35.5 Å². The van der Waals surface area contributed by atoms with Crippen LogP contribution in [-0.4, -0.2) is 16.8 Å². The zero-order valence-electron chi connectivity index (χ0n) is 44.3. The zero-order valence-corrected chi connectivity index (χ0v) is 44.3. The largest absolute Gasteiger partial charge is 0.344 e. The van der Waals surface area contributed by atoms with Gasteiger partial charge in [-0.25, -0.2) is 0 Å². The maximum atomic E-state index is 5.03. The Balaban J connectivity index is 1.20. The van der Waals surface area contributed by atoms with E-state index in [1.807, 2.05) is 6.07 Å². The Morgan fingerprint density at radius 1 is 0.453 bits per heavy atom. The fourth-order valence-electron chi connectivity index (χ4n) is 9.36. The summed E-state index contributed by atoms with van der Waals surface area (Å²) < 4.78 is 2.07. The summed E-state index contributed by atoms with van der Waals surface area (Å²) >= 11 is 0. The van der Waals surface area contributed by atoms with Gasteiger partial charge in [0.25, 0.3) is 0 Å². The summed E-state index contributed by atoms with van der Waals surface area (Å²) in [5.41, 5.74) is 11.6. The van der Waals surface area contributed by atoms with Gasteiger partial charge in [0.1, 0.15) is 0 Å². The van der Waals surface area contributed by atoms with Crippen LogP contribution in [0.25, 0.3) is 22.3 Å². The van der Waals surface area contributed by atoms with Gasteiger partial charge in [-0.1, -0.05) is 195 Å². The van der Waals surface area contributed by atoms with Crippen molar-refractivity contribution in [1.29, 1.82) is 0 Å². The van der Waals surface area contributed by atoms with Crippen molar-refractivity contribution in [2.24, 2.45) is 0 Å². The Morgan fingerprint density at radius 2 is 0.907 bits per heavy atom. The fourth-order valence-corrected chi connectivity index (χ4v) is 9.36. The summed E-state index contributed by atoms with van der Waals surface area (Å²) in [5.74, 6) is 52.1. The Hall–Kier alpha value is -9.27. The molecule has 0 saturated heterocycles. The van der Waals surface area contributed by atoms with Gasteiger partial charge in [0.15, 0.2) is 0 Å². The number of nitrogens with zero attached hydrogens (tertiary/aromatic N) is 2. The summed E-state index contributed by atoms with van der Waals surface area (Å²) in [6, 6.07) is 38.2. The van der Waals surface area contributed by atoms with Crippen molar-refractivity contribution in [3.63, 3.8) is 0 Å². The summed E-state index contributed by atoms with van der Waals surface area (Å²) in [5, 5.41) is 0. The molecule has 0 radical (unpaired) electrons. The van der Waals surface area contributed by atoms with Gasteiger partial charge in [0.05, 0.1) is 11.3 Å². The molecule has 0 fully saturated rings. The Bertz CT molecular complexity index is 3530. The number of fused-ring (bicyclic) bond motifs is 2. The highest BCUT2D eigenvalue weighted by molar-refractivity contribution is 6.04. The molecule has 75 heavy (non-hydrogen) atoms. The number of rotatable bonds is 18. The highest BCUT2D eigenvalue weighted by atomic mass is 15.2. The quantitative estimate of drug-likeness (QED) is 0.0417. The first kappa shape index (κ1) is 55.1. The molecule has 2 heterocycles. The van der Waals surface area contributed by atoms with Gasteiger partial charge in [-0.05, 0) is 108 Å². The Labute approximate surface area is 450 Å². The standard InChI is InChI=1S/C73H63N2/c1-7-9-11-13-15-17-19-21-22-23-24-25-26-27-28-30-32-34-36-47-59-75-69-61-65(63-50-42-38-43-51-63)55-57-67(69)73(5,6)71(75)53-45-39-44-52-70-72(3,4)66-56-54-64(62-48-40-37-41-49-62)60-68(66)74(70)58-46-35-33-31-29-20-18-16-14-12-10-8-2/h1,37-45,48-57,60-61H,8,10,12,14,16,18,20,29,31,33,35,46,58H2,2-6H3/q+1. The molecule has 0 bridgehead atoms. The van der Waals surface area contributed by atoms with Gasteiger partial charge in [-0.15, -0.1) is 11.0 Å². The first-order valence-electron chi connectivity index (χ1n) is 26.1. The molecule has 0 amide bonds. The number of hydrogen-bond donors (Lipinski definition) is 0. The second-order valence-electron chi connectivity index (χ2n) is 19.1. The van der Waals surface area contributed by atoms with Crippen molar-refractivity contribution in [3.8, 4) is 153 Å². The number of allylic oxidation sites excluding steroid dienone is 6.